The predicted molar refractivity (Wildman–Crippen MR) is 62.8 cm³/mol. The highest BCUT2D eigenvalue weighted by atomic mass is 16.3. The third-order valence-electron chi connectivity index (χ3n) is 2.94. The first-order valence-corrected chi connectivity index (χ1v) is 5.46. The zero-order valence-corrected chi connectivity index (χ0v) is 10.4. The molecule has 4 nitrogen and oxygen atoms in total. The molecule has 90 valence electrons. The topological polar surface area (TPSA) is 59.5 Å². The van der Waals surface area contributed by atoms with E-state index >= 15 is 0 Å². The molecule has 4 heteroatoms. The molecule has 1 atom stereocenters. The van der Waals surface area contributed by atoms with Crippen molar-refractivity contribution in [3.05, 3.63) is 23.7 Å². The van der Waals surface area contributed by atoms with E-state index in [2.05, 4.69) is 0 Å². The van der Waals surface area contributed by atoms with E-state index in [1.165, 1.54) is 0 Å². The zero-order valence-electron chi connectivity index (χ0n) is 10.4. The molecule has 0 fully saturated rings. The van der Waals surface area contributed by atoms with Crippen LogP contribution in [0, 0.1) is 6.92 Å². The van der Waals surface area contributed by atoms with Crippen molar-refractivity contribution in [2.45, 2.75) is 39.3 Å². The number of amides is 1. The highest BCUT2D eigenvalue weighted by Gasteiger charge is 2.29. The third-order valence-corrected chi connectivity index (χ3v) is 2.94. The van der Waals surface area contributed by atoms with Crippen LogP contribution in [0.25, 0.3) is 0 Å². The second-order valence-corrected chi connectivity index (χ2v) is 4.43. The number of likely N-dealkylation sites (N-methyl/N-ethyl adjacent to an activating group) is 1. The van der Waals surface area contributed by atoms with Crippen molar-refractivity contribution in [1.29, 1.82) is 0 Å². The van der Waals surface area contributed by atoms with Gasteiger partial charge < -0.3 is 15.1 Å². The molecule has 0 bridgehead atoms. The van der Waals surface area contributed by atoms with Crippen LogP contribution in [0.4, 0.5) is 0 Å². The Labute approximate surface area is 96.4 Å². The van der Waals surface area contributed by atoms with E-state index in [0.717, 1.165) is 11.3 Å². The number of carbonyl (C=O) groups excluding carboxylic acids is 1. The molecule has 1 aromatic heterocycles. The molecule has 0 aliphatic carbocycles. The van der Waals surface area contributed by atoms with Crippen LogP contribution < -0.4 is 5.73 Å². The van der Waals surface area contributed by atoms with Gasteiger partial charge in [-0.05, 0) is 26.3 Å². The lowest BCUT2D eigenvalue weighted by molar-refractivity contribution is -0.135. The lowest BCUT2D eigenvalue weighted by Crippen LogP contribution is -2.51. The molecule has 0 radical (unpaired) electrons. The van der Waals surface area contributed by atoms with Gasteiger partial charge in [0.15, 0.2) is 0 Å². The maximum absolute atomic E-state index is 12.0. The van der Waals surface area contributed by atoms with Crippen LogP contribution in [0.1, 0.15) is 31.6 Å². The number of aryl methyl sites for hydroxylation is 1. The summed E-state index contributed by atoms with van der Waals surface area (Å²) in [6, 6.07) is 1.87. The molecule has 0 aromatic carbocycles. The van der Waals surface area contributed by atoms with Gasteiger partial charge in [0.2, 0.25) is 5.91 Å². The second-order valence-electron chi connectivity index (χ2n) is 4.43. The smallest absolute Gasteiger partial charge is 0.242 e. The molecular formula is C12H20N2O2. The Hall–Kier alpha value is -1.29. The largest absolute Gasteiger partial charge is 0.469 e. The Balaban J connectivity index is 2.70. The van der Waals surface area contributed by atoms with Gasteiger partial charge >= 0.3 is 0 Å². The summed E-state index contributed by atoms with van der Waals surface area (Å²) in [4.78, 5) is 13.6. The van der Waals surface area contributed by atoms with E-state index in [-0.39, 0.29) is 5.91 Å². The van der Waals surface area contributed by atoms with E-state index in [9.17, 15) is 4.79 Å². The normalized spacial score (nSPS) is 14.6. The molecule has 0 saturated carbocycles. The fourth-order valence-corrected chi connectivity index (χ4v) is 1.49. The lowest BCUT2D eigenvalue weighted by atomic mass is 9.98. The monoisotopic (exact) mass is 224 g/mol. The fourth-order valence-electron chi connectivity index (χ4n) is 1.49. The van der Waals surface area contributed by atoms with Crippen LogP contribution in [0.3, 0.4) is 0 Å². The van der Waals surface area contributed by atoms with Gasteiger partial charge in [-0.25, -0.2) is 0 Å². The van der Waals surface area contributed by atoms with Crippen molar-refractivity contribution in [3.8, 4) is 0 Å². The van der Waals surface area contributed by atoms with E-state index < -0.39 is 5.54 Å². The molecule has 0 aliphatic rings. The first-order valence-electron chi connectivity index (χ1n) is 5.46. The average Bonchev–Trinajstić information content (AvgIpc) is 2.63. The number of rotatable bonds is 4. The van der Waals surface area contributed by atoms with Crippen molar-refractivity contribution in [1.82, 2.24) is 4.90 Å². The molecule has 1 unspecified atom stereocenters. The van der Waals surface area contributed by atoms with Crippen LogP contribution in [0.15, 0.2) is 16.7 Å². The number of nitrogens with two attached hydrogens (primary N) is 1. The Morgan fingerprint density at radius 3 is 2.69 bits per heavy atom. The molecule has 1 aromatic rings. The maximum atomic E-state index is 12.0. The van der Waals surface area contributed by atoms with Gasteiger partial charge in [0.05, 0.1) is 11.8 Å². The van der Waals surface area contributed by atoms with E-state index in [1.54, 1.807) is 25.1 Å². The predicted octanol–water partition coefficient (Wildman–Crippen LogP) is 1.67. The number of hydrogen-bond acceptors (Lipinski definition) is 3. The standard InChI is InChI=1S/C12H20N2O2/c1-5-12(3,13)11(15)14(4)8-10-6-7-16-9(10)2/h6-7H,5,8,13H2,1-4H3. The van der Waals surface area contributed by atoms with Gasteiger partial charge in [-0.2, -0.15) is 0 Å². The Morgan fingerprint density at radius 1 is 1.62 bits per heavy atom. The van der Waals surface area contributed by atoms with Gasteiger partial charge in [0.1, 0.15) is 5.76 Å². The summed E-state index contributed by atoms with van der Waals surface area (Å²) in [5.74, 6) is 0.797. The summed E-state index contributed by atoms with van der Waals surface area (Å²) in [5.41, 5.74) is 6.14. The SMILES string of the molecule is CCC(C)(N)C(=O)N(C)Cc1ccoc1C. The molecule has 0 aliphatic heterocycles. The van der Waals surface area contributed by atoms with Crippen molar-refractivity contribution in [2.75, 3.05) is 7.05 Å². The zero-order chi connectivity index (χ0) is 12.3. The molecule has 16 heavy (non-hydrogen) atoms. The van der Waals surface area contributed by atoms with E-state index in [0.29, 0.717) is 13.0 Å². The minimum absolute atomic E-state index is 0.0457. The van der Waals surface area contributed by atoms with Crippen molar-refractivity contribution < 1.29 is 9.21 Å². The van der Waals surface area contributed by atoms with E-state index in [1.807, 2.05) is 19.9 Å². The van der Waals surface area contributed by atoms with Crippen LogP contribution >= 0.6 is 0 Å². The molecule has 1 rings (SSSR count). The molecule has 0 spiro atoms. The average molecular weight is 224 g/mol. The number of carbonyl (C=O) groups is 1. The second kappa shape index (κ2) is 4.70. The summed E-state index contributed by atoms with van der Waals surface area (Å²) < 4.78 is 5.19. The highest BCUT2D eigenvalue weighted by Crippen LogP contribution is 2.14. The Bertz CT molecular complexity index is 369. The summed E-state index contributed by atoms with van der Waals surface area (Å²) in [7, 11) is 1.76. The first-order chi connectivity index (χ1) is 7.38. The highest BCUT2D eigenvalue weighted by molar-refractivity contribution is 5.85. The Morgan fingerprint density at radius 2 is 2.25 bits per heavy atom. The van der Waals surface area contributed by atoms with Crippen LogP contribution in [-0.4, -0.2) is 23.4 Å². The van der Waals surface area contributed by atoms with E-state index in [4.69, 9.17) is 10.2 Å². The molecular weight excluding hydrogens is 204 g/mol. The van der Waals surface area contributed by atoms with Gasteiger partial charge in [-0.1, -0.05) is 6.92 Å². The number of furan rings is 1. The molecule has 0 saturated heterocycles. The Kier molecular flexibility index (Phi) is 3.75. The minimum atomic E-state index is -0.785. The summed E-state index contributed by atoms with van der Waals surface area (Å²) in [5, 5.41) is 0. The fraction of sp³-hybridized carbons (Fsp3) is 0.583. The van der Waals surface area contributed by atoms with Gasteiger partial charge in [-0.15, -0.1) is 0 Å². The quantitative estimate of drug-likeness (QED) is 0.846. The summed E-state index contributed by atoms with van der Waals surface area (Å²) >= 11 is 0. The van der Waals surface area contributed by atoms with Crippen LogP contribution in [0.5, 0.6) is 0 Å². The van der Waals surface area contributed by atoms with Crippen molar-refractivity contribution in [2.24, 2.45) is 5.73 Å². The van der Waals surface area contributed by atoms with Crippen molar-refractivity contribution >= 4 is 5.91 Å². The van der Waals surface area contributed by atoms with Gasteiger partial charge in [-0.3, -0.25) is 4.79 Å². The van der Waals surface area contributed by atoms with Crippen molar-refractivity contribution in [3.63, 3.8) is 0 Å². The molecule has 2 N–H and O–H groups in total. The summed E-state index contributed by atoms with van der Waals surface area (Å²) in [6.07, 6.45) is 2.25. The maximum Gasteiger partial charge on any atom is 0.242 e. The first kappa shape index (κ1) is 12.8. The lowest BCUT2D eigenvalue weighted by Gasteiger charge is -2.28. The third kappa shape index (κ3) is 2.64. The molecule has 1 amide bonds. The minimum Gasteiger partial charge on any atom is -0.469 e. The van der Waals surface area contributed by atoms with Gasteiger partial charge in [0, 0.05) is 19.2 Å². The summed E-state index contributed by atoms with van der Waals surface area (Å²) in [6.45, 7) is 6.09. The number of nitrogens with zero attached hydrogens (tertiary/aromatic N) is 1. The van der Waals surface area contributed by atoms with Crippen LogP contribution in [-0.2, 0) is 11.3 Å². The van der Waals surface area contributed by atoms with Crippen LogP contribution in [0.2, 0.25) is 0 Å². The van der Waals surface area contributed by atoms with Gasteiger partial charge in [0.25, 0.3) is 0 Å². The molecule has 1 heterocycles. The number of hydrogen-bond donors (Lipinski definition) is 1.